The molecule has 5 nitrogen and oxygen atoms in total. The Morgan fingerprint density at radius 1 is 1.37 bits per heavy atom. The fraction of sp³-hybridized carbons (Fsp3) is 0.364. The second kappa shape index (κ2) is 6.83. The zero-order valence-electron chi connectivity index (χ0n) is 10.5. The van der Waals surface area contributed by atoms with E-state index < -0.39 is 10.0 Å². The molecule has 0 radical (unpaired) electrons. The first-order chi connectivity index (χ1) is 8.78. The van der Waals surface area contributed by atoms with Crippen molar-refractivity contribution in [3.8, 4) is 0 Å². The highest BCUT2D eigenvalue weighted by atomic mass is 79.9. The molecule has 0 bridgehead atoms. The molecule has 1 rings (SSSR count). The zero-order chi connectivity index (χ0) is 14.6. The molecule has 0 heterocycles. The smallest absolute Gasteiger partial charge is 0.243 e. The van der Waals surface area contributed by atoms with Gasteiger partial charge in [-0.25, -0.2) is 12.7 Å². The van der Waals surface area contributed by atoms with Gasteiger partial charge in [-0.2, -0.15) is 0 Å². The molecule has 0 saturated heterocycles. The van der Waals surface area contributed by atoms with Gasteiger partial charge >= 0.3 is 0 Å². The molecule has 0 atom stereocenters. The van der Waals surface area contributed by atoms with Crippen molar-refractivity contribution in [2.45, 2.75) is 11.3 Å². The Hall–Kier alpha value is -0.440. The fourth-order valence-corrected chi connectivity index (χ4v) is 4.23. The molecule has 1 amide bonds. The van der Waals surface area contributed by atoms with E-state index in [2.05, 4.69) is 37.2 Å². The zero-order valence-corrected chi connectivity index (χ0v) is 14.5. The molecule has 1 aromatic carbocycles. The highest BCUT2D eigenvalue weighted by molar-refractivity contribution is 9.11. The van der Waals surface area contributed by atoms with Gasteiger partial charge in [-0.1, -0.05) is 15.9 Å². The molecule has 19 heavy (non-hydrogen) atoms. The van der Waals surface area contributed by atoms with Gasteiger partial charge in [-0.15, -0.1) is 0 Å². The van der Waals surface area contributed by atoms with Crippen LogP contribution in [0.15, 0.2) is 32.0 Å². The van der Waals surface area contributed by atoms with Crippen molar-refractivity contribution in [1.29, 1.82) is 0 Å². The van der Waals surface area contributed by atoms with E-state index in [1.807, 2.05) is 0 Å². The maximum Gasteiger partial charge on any atom is 0.243 e. The number of halogens is 2. The Balaban J connectivity index is 2.94. The number of hydrogen-bond acceptors (Lipinski definition) is 3. The summed E-state index contributed by atoms with van der Waals surface area (Å²) in [7, 11) is -0.638. The predicted molar refractivity (Wildman–Crippen MR) is 80.3 cm³/mol. The average Bonchev–Trinajstić information content (AvgIpc) is 2.34. The molecule has 1 aromatic rings. The van der Waals surface area contributed by atoms with E-state index in [1.165, 1.54) is 20.2 Å². The van der Waals surface area contributed by atoms with Crippen LogP contribution in [-0.2, 0) is 14.8 Å². The first kappa shape index (κ1) is 16.6. The number of hydrogen-bond donors (Lipinski definition) is 1. The minimum absolute atomic E-state index is 0.125. The SMILES string of the molecule is CNC(=O)CCN(C)S(=O)(=O)c1ccc(Br)cc1Br. The second-order valence-electron chi connectivity index (χ2n) is 3.82. The quantitative estimate of drug-likeness (QED) is 0.802. The van der Waals surface area contributed by atoms with E-state index in [9.17, 15) is 13.2 Å². The molecule has 0 aliphatic heterocycles. The maximum absolute atomic E-state index is 12.3. The first-order valence-corrected chi connectivity index (χ1v) is 8.43. The van der Waals surface area contributed by atoms with Crippen LogP contribution in [0, 0.1) is 0 Å². The molecule has 8 heteroatoms. The number of carbonyl (C=O) groups is 1. The molecule has 0 aliphatic rings. The summed E-state index contributed by atoms with van der Waals surface area (Å²) in [6, 6.07) is 4.84. The largest absolute Gasteiger partial charge is 0.359 e. The van der Waals surface area contributed by atoms with E-state index in [4.69, 9.17) is 0 Å². The monoisotopic (exact) mass is 412 g/mol. The minimum atomic E-state index is -3.60. The Labute approximate surface area is 129 Å². The Morgan fingerprint density at radius 2 is 2.00 bits per heavy atom. The van der Waals surface area contributed by atoms with Gasteiger partial charge in [0.1, 0.15) is 0 Å². The lowest BCUT2D eigenvalue weighted by Crippen LogP contribution is -2.31. The normalized spacial score (nSPS) is 11.6. The molecule has 0 aromatic heterocycles. The van der Waals surface area contributed by atoms with E-state index in [1.54, 1.807) is 12.1 Å². The summed E-state index contributed by atoms with van der Waals surface area (Å²) in [5.41, 5.74) is 0. The lowest BCUT2D eigenvalue weighted by molar-refractivity contribution is -0.120. The number of nitrogens with one attached hydrogen (secondary N) is 1. The first-order valence-electron chi connectivity index (χ1n) is 5.41. The van der Waals surface area contributed by atoms with E-state index in [0.717, 1.165) is 8.78 Å². The van der Waals surface area contributed by atoms with Crippen LogP contribution >= 0.6 is 31.9 Å². The van der Waals surface area contributed by atoms with E-state index in [-0.39, 0.29) is 23.8 Å². The number of amides is 1. The van der Waals surface area contributed by atoms with Crippen molar-refractivity contribution < 1.29 is 13.2 Å². The maximum atomic E-state index is 12.3. The van der Waals surface area contributed by atoms with Gasteiger partial charge < -0.3 is 5.32 Å². The fourth-order valence-electron chi connectivity index (χ4n) is 1.36. The second-order valence-corrected chi connectivity index (χ2v) is 7.61. The Morgan fingerprint density at radius 3 is 2.53 bits per heavy atom. The van der Waals surface area contributed by atoms with Gasteiger partial charge in [-0.3, -0.25) is 4.79 Å². The minimum Gasteiger partial charge on any atom is -0.359 e. The summed E-state index contributed by atoms with van der Waals surface area (Å²) in [6.07, 6.45) is 0.125. The molecule has 106 valence electrons. The summed E-state index contributed by atoms with van der Waals surface area (Å²) in [5.74, 6) is -0.197. The number of sulfonamides is 1. The third-order valence-electron chi connectivity index (χ3n) is 2.51. The standard InChI is InChI=1S/C11H14Br2N2O3S/c1-14-11(16)5-6-15(2)19(17,18)10-4-3-8(12)7-9(10)13/h3-4,7H,5-6H2,1-2H3,(H,14,16). The van der Waals surface area contributed by atoms with Crippen LogP contribution in [0.5, 0.6) is 0 Å². The molecule has 0 aliphatic carbocycles. The highest BCUT2D eigenvalue weighted by Gasteiger charge is 2.23. The molecule has 1 N–H and O–H groups in total. The number of benzene rings is 1. The average molecular weight is 414 g/mol. The highest BCUT2D eigenvalue weighted by Crippen LogP contribution is 2.27. The lowest BCUT2D eigenvalue weighted by Gasteiger charge is -2.17. The predicted octanol–water partition coefficient (Wildman–Crippen LogP) is 1.97. The van der Waals surface area contributed by atoms with Crippen molar-refractivity contribution in [2.75, 3.05) is 20.6 Å². The number of rotatable bonds is 5. The van der Waals surface area contributed by atoms with Crippen molar-refractivity contribution in [3.63, 3.8) is 0 Å². The van der Waals surface area contributed by atoms with Crippen molar-refractivity contribution in [3.05, 3.63) is 27.1 Å². The van der Waals surface area contributed by atoms with Crippen molar-refractivity contribution in [2.24, 2.45) is 0 Å². The van der Waals surface area contributed by atoms with Crippen LogP contribution in [0.4, 0.5) is 0 Å². The van der Waals surface area contributed by atoms with Crippen molar-refractivity contribution in [1.82, 2.24) is 9.62 Å². The van der Waals surface area contributed by atoms with E-state index >= 15 is 0 Å². The molecule has 0 saturated carbocycles. The topological polar surface area (TPSA) is 66.5 Å². The molecular weight excluding hydrogens is 400 g/mol. The number of nitrogens with zero attached hydrogens (tertiary/aromatic N) is 1. The Kier molecular flexibility index (Phi) is 5.97. The van der Waals surface area contributed by atoms with Gasteiger partial charge in [0.15, 0.2) is 0 Å². The van der Waals surface area contributed by atoms with Crippen LogP contribution in [0.2, 0.25) is 0 Å². The molecule has 0 spiro atoms. The molecular formula is C11H14Br2N2O3S. The summed E-state index contributed by atoms with van der Waals surface area (Å²) in [5, 5.41) is 2.45. The van der Waals surface area contributed by atoms with Gasteiger partial charge in [0.2, 0.25) is 15.9 Å². The molecule has 0 unspecified atom stereocenters. The lowest BCUT2D eigenvalue weighted by atomic mass is 10.4. The third kappa shape index (κ3) is 4.27. The Bertz CT molecular complexity index is 575. The van der Waals surface area contributed by atoms with Gasteiger partial charge in [0.25, 0.3) is 0 Å². The summed E-state index contributed by atoms with van der Waals surface area (Å²) >= 11 is 6.50. The number of carbonyl (C=O) groups excluding carboxylic acids is 1. The van der Waals surface area contributed by atoms with Crippen LogP contribution in [0.3, 0.4) is 0 Å². The summed E-state index contributed by atoms with van der Waals surface area (Å²) in [4.78, 5) is 11.3. The van der Waals surface area contributed by atoms with Crippen LogP contribution in [0.25, 0.3) is 0 Å². The van der Waals surface area contributed by atoms with Gasteiger partial charge in [0.05, 0.1) is 4.90 Å². The van der Waals surface area contributed by atoms with Crippen LogP contribution in [-0.4, -0.2) is 39.3 Å². The third-order valence-corrected chi connectivity index (χ3v) is 5.84. The van der Waals surface area contributed by atoms with E-state index in [0.29, 0.717) is 4.47 Å². The van der Waals surface area contributed by atoms with Crippen LogP contribution in [0.1, 0.15) is 6.42 Å². The summed E-state index contributed by atoms with van der Waals surface area (Å²) in [6.45, 7) is 0.129. The van der Waals surface area contributed by atoms with Gasteiger partial charge in [0, 0.05) is 36.0 Å². The summed E-state index contributed by atoms with van der Waals surface area (Å²) < 4.78 is 27.1. The molecule has 0 fully saturated rings. The van der Waals surface area contributed by atoms with Crippen molar-refractivity contribution >= 4 is 47.8 Å². The van der Waals surface area contributed by atoms with Crippen LogP contribution < -0.4 is 5.32 Å². The van der Waals surface area contributed by atoms with Gasteiger partial charge in [-0.05, 0) is 34.1 Å².